The fourth-order valence-electron chi connectivity index (χ4n) is 1.75. The van der Waals surface area contributed by atoms with E-state index in [4.69, 9.17) is 11.6 Å². The molecule has 0 bridgehead atoms. The molecule has 0 fully saturated rings. The second kappa shape index (κ2) is 4.43. The van der Waals surface area contributed by atoms with E-state index in [1.807, 2.05) is 5.38 Å². The number of rotatable bonds is 1. The van der Waals surface area contributed by atoms with Crippen molar-refractivity contribution in [2.24, 2.45) is 0 Å². The Balaban J connectivity index is 2.45. The maximum absolute atomic E-state index is 5.87. The van der Waals surface area contributed by atoms with Crippen molar-refractivity contribution in [3.8, 4) is 10.6 Å². The van der Waals surface area contributed by atoms with E-state index in [-0.39, 0.29) is 5.41 Å². The molecule has 1 aromatic heterocycles. The van der Waals surface area contributed by atoms with Crippen LogP contribution in [0, 0.1) is 6.92 Å². The highest BCUT2D eigenvalue weighted by atomic mass is 35.5. The Labute approximate surface area is 111 Å². The SMILES string of the molecule is Cc1cc(C(C)(C)C)ccc1-c1nc(Cl)cs1. The van der Waals surface area contributed by atoms with Gasteiger partial charge in [-0.3, -0.25) is 0 Å². The molecule has 2 rings (SSSR count). The van der Waals surface area contributed by atoms with Gasteiger partial charge in [-0.05, 0) is 23.5 Å². The van der Waals surface area contributed by atoms with Crippen LogP contribution in [0.4, 0.5) is 0 Å². The van der Waals surface area contributed by atoms with Crippen LogP contribution in [0.1, 0.15) is 31.9 Å². The van der Waals surface area contributed by atoms with Gasteiger partial charge < -0.3 is 0 Å². The van der Waals surface area contributed by atoms with E-state index in [0.717, 1.165) is 5.01 Å². The number of hydrogen-bond donors (Lipinski definition) is 0. The molecule has 3 heteroatoms. The molecule has 0 saturated carbocycles. The minimum Gasteiger partial charge on any atom is -0.224 e. The third-order valence-corrected chi connectivity index (χ3v) is 4.00. The van der Waals surface area contributed by atoms with E-state index in [1.165, 1.54) is 16.7 Å². The van der Waals surface area contributed by atoms with Crippen molar-refractivity contribution in [1.29, 1.82) is 0 Å². The Kier molecular flexibility index (Phi) is 3.28. The van der Waals surface area contributed by atoms with E-state index in [9.17, 15) is 0 Å². The average Bonchev–Trinajstić information content (AvgIpc) is 2.63. The molecule has 0 aliphatic rings. The van der Waals surface area contributed by atoms with Crippen molar-refractivity contribution in [2.45, 2.75) is 33.1 Å². The molecule has 2 aromatic rings. The first kappa shape index (κ1) is 12.6. The number of halogens is 1. The van der Waals surface area contributed by atoms with Gasteiger partial charge in [0.2, 0.25) is 0 Å². The number of aryl methyl sites for hydroxylation is 1. The van der Waals surface area contributed by atoms with Crippen LogP contribution in [0.2, 0.25) is 5.15 Å². The van der Waals surface area contributed by atoms with E-state index in [1.54, 1.807) is 11.3 Å². The molecule has 0 aliphatic carbocycles. The molecule has 0 N–H and O–H groups in total. The van der Waals surface area contributed by atoms with Crippen molar-refractivity contribution >= 4 is 22.9 Å². The predicted molar refractivity (Wildman–Crippen MR) is 76.0 cm³/mol. The van der Waals surface area contributed by atoms with Gasteiger partial charge in [0, 0.05) is 10.9 Å². The van der Waals surface area contributed by atoms with Crippen LogP contribution in [0.5, 0.6) is 0 Å². The van der Waals surface area contributed by atoms with Crippen LogP contribution in [-0.4, -0.2) is 4.98 Å². The van der Waals surface area contributed by atoms with E-state index >= 15 is 0 Å². The zero-order valence-electron chi connectivity index (χ0n) is 10.5. The molecule has 1 aromatic carbocycles. The van der Waals surface area contributed by atoms with Gasteiger partial charge in [0.15, 0.2) is 0 Å². The van der Waals surface area contributed by atoms with Crippen LogP contribution in [-0.2, 0) is 5.41 Å². The summed E-state index contributed by atoms with van der Waals surface area (Å²) >= 11 is 7.45. The lowest BCUT2D eigenvalue weighted by molar-refractivity contribution is 0.590. The van der Waals surface area contributed by atoms with Gasteiger partial charge in [-0.2, -0.15) is 0 Å². The third kappa shape index (κ3) is 2.70. The minimum absolute atomic E-state index is 0.184. The first-order valence-corrected chi connectivity index (χ1v) is 6.86. The number of thiazole rings is 1. The summed E-state index contributed by atoms with van der Waals surface area (Å²) in [5.41, 5.74) is 3.96. The molecule has 17 heavy (non-hydrogen) atoms. The second-order valence-corrected chi connectivity index (χ2v) is 6.50. The first-order chi connectivity index (χ1) is 7.88. The van der Waals surface area contributed by atoms with Gasteiger partial charge in [-0.25, -0.2) is 4.98 Å². The fraction of sp³-hybridized carbons (Fsp3) is 0.357. The lowest BCUT2D eigenvalue weighted by Crippen LogP contribution is -2.11. The highest BCUT2D eigenvalue weighted by Gasteiger charge is 2.15. The maximum atomic E-state index is 5.87. The Morgan fingerprint density at radius 3 is 2.41 bits per heavy atom. The molecule has 0 unspecified atom stereocenters. The third-order valence-electron chi connectivity index (χ3n) is 2.80. The summed E-state index contributed by atoms with van der Waals surface area (Å²) in [5, 5.41) is 3.44. The zero-order valence-corrected chi connectivity index (χ0v) is 12.1. The Bertz CT molecular complexity index is 537. The smallest absolute Gasteiger partial charge is 0.140 e. The quantitative estimate of drug-likeness (QED) is 0.702. The normalized spacial score (nSPS) is 11.8. The van der Waals surface area contributed by atoms with E-state index in [2.05, 4.69) is 50.9 Å². The van der Waals surface area contributed by atoms with Gasteiger partial charge in [0.25, 0.3) is 0 Å². The molecular formula is C14H16ClNS. The second-order valence-electron chi connectivity index (χ2n) is 5.26. The van der Waals surface area contributed by atoms with Crippen LogP contribution >= 0.6 is 22.9 Å². The van der Waals surface area contributed by atoms with Gasteiger partial charge in [0.1, 0.15) is 10.2 Å². The molecule has 90 valence electrons. The molecule has 0 amide bonds. The lowest BCUT2D eigenvalue weighted by atomic mass is 9.85. The van der Waals surface area contributed by atoms with Crippen molar-refractivity contribution in [3.63, 3.8) is 0 Å². The molecular weight excluding hydrogens is 250 g/mol. The van der Waals surface area contributed by atoms with Gasteiger partial charge in [-0.15, -0.1) is 11.3 Å². The van der Waals surface area contributed by atoms with Crippen LogP contribution in [0.15, 0.2) is 23.6 Å². The monoisotopic (exact) mass is 265 g/mol. The summed E-state index contributed by atoms with van der Waals surface area (Å²) < 4.78 is 0. The topological polar surface area (TPSA) is 12.9 Å². The largest absolute Gasteiger partial charge is 0.224 e. The average molecular weight is 266 g/mol. The van der Waals surface area contributed by atoms with Crippen molar-refractivity contribution in [3.05, 3.63) is 39.9 Å². The fourth-order valence-corrected chi connectivity index (χ4v) is 2.78. The van der Waals surface area contributed by atoms with E-state index < -0.39 is 0 Å². The summed E-state index contributed by atoms with van der Waals surface area (Å²) in [6, 6.07) is 6.56. The van der Waals surface area contributed by atoms with Crippen LogP contribution < -0.4 is 0 Å². The van der Waals surface area contributed by atoms with Gasteiger partial charge in [-0.1, -0.05) is 50.6 Å². The molecule has 0 aliphatic heterocycles. The lowest BCUT2D eigenvalue weighted by Gasteiger charge is -2.20. The highest BCUT2D eigenvalue weighted by Crippen LogP contribution is 2.31. The standard InChI is InChI=1S/C14H16ClNS/c1-9-7-10(14(2,3)4)5-6-11(9)13-16-12(15)8-17-13/h5-8H,1-4H3. The highest BCUT2D eigenvalue weighted by molar-refractivity contribution is 7.13. The molecule has 0 saturated heterocycles. The Morgan fingerprint density at radius 1 is 1.24 bits per heavy atom. The number of hydrogen-bond acceptors (Lipinski definition) is 2. The number of benzene rings is 1. The number of aromatic nitrogens is 1. The molecule has 0 radical (unpaired) electrons. The molecule has 1 nitrogen and oxygen atoms in total. The summed E-state index contributed by atoms with van der Waals surface area (Å²) in [6.07, 6.45) is 0. The van der Waals surface area contributed by atoms with Crippen molar-refractivity contribution < 1.29 is 0 Å². The summed E-state index contributed by atoms with van der Waals surface area (Å²) in [4.78, 5) is 4.32. The summed E-state index contributed by atoms with van der Waals surface area (Å²) in [6.45, 7) is 8.80. The zero-order chi connectivity index (χ0) is 12.6. The molecule has 1 heterocycles. The predicted octanol–water partition coefficient (Wildman–Crippen LogP) is 5.07. The van der Waals surface area contributed by atoms with Gasteiger partial charge in [0.05, 0.1) is 0 Å². The van der Waals surface area contributed by atoms with Crippen LogP contribution in [0.25, 0.3) is 10.6 Å². The minimum atomic E-state index is 0.184. The maximum Gasteiger partial charge on any atom is 0.140 e. The summed E-state index contributed by atoms with van der Waals surface area (Å²) in [7, 11) is 0. The van der Waals surface area contributed by atoms with Crippen LogP contribution in [0.3, 0.4) is 0 Å². The Hall–Kier alpha value is -0.860. The van der Waals surface area contributed by atoms with Crippen molar-refractivity contribution in [2.75, 3.05) is 0 Å². The summed E-state index contributed by atoms with van der Waals surface area (Å²) in [5.74, 6) is 0. The molecule has 0 atom stereocenters. The van der Waals surface area contributed by atoms with E-state index in [0.29, 0.717) is 5.15 Å². The van der Waals surface area contributed by atoms with Crippen molar-refractivity contribution in [1.82, 2.24) is 4.98 Å². The van der Waals surface area contributed by atoms with Gasteiger partial charge >= 0.3 is 0 Å². The Morgan fingerprint density at radius 2 is 1.94 bits per heavy atom. The molecule has 0 spiro atoms. The number of nitrogens with zero attached hydrogens (tertiary/aromatic N) is 1. The first-order valence-electron chi connectivity index (χ1n) is 5.60.